The van der Waals surface area contributed by atoms with Gasteiger partial charge < -0.3 is 10.2 Å². The molecule has 20 heavy (non-hydrogen) atoms. The van der Waals surface area contributed by atoms with Gasteiger partial charge in [0.25, 0.3) is 0 Å². The minimum Gasteiger partial charge on any atom is -0.381 e. The summed E-state index contributed by atoms with van der Waals surface area (Å²) in [5.74, 6) is 0.140. The number of aryl methyl sites for hydroxylation is 1. The fraction of sp³-hybridized carbons (Fsp3) is 0.588. The Labute approximate surface area is 122 Å². The Balaban J connectivity index is 2.16. The number of nitrogens with zero attached hydrogens (tertiary/aromatic N) is 2. The molecule has 0 radical (unpaired) electrons. The maximum atomic E-state index is 9.35. The quantitative estimate of drug-likeness (QED) is 0.846. The van der Waals surface area contributed by atoms with Crippen LogP contribution in [-0.4, -0.2) is 20.1 Å². The smallest absolute Gasteiger partial charge is 0.0677 e. The number of nitriles is 1. The summed E-state index contributed by atoms with van der Waals surface area (Å²) in [6.45, 7) is 2.13. The SMILES string of the molecule is Cc1ccc(NC2CCCCCC2C#N)cc1N(C)C. The van der Waals surface area contributed by atoms with Crippen molar-refractivity contribution in [2.45, 2.75) is 45.1 Å². The van der Waals surface area contributed by atoms with Gasteiger partial charge in [0.05, 0.1) is 12.0 Å². The van der Waals surface area contributed by atoms with Crippen molar-refractivity contribution in [1.82, 2.24) is 0 Å². The van der Waals surface area contributed by atoms with Crippen molar-refractivity contribution in [1.29, 1.82) is 5.26 Å². The Hall–Kier alpha value is -1.69. The average Bonchev–Trinajstić information content (AvgIpc) is 2.65. The van der Waals surface area contributed by atoms with Gasteiger partial charge in [-0.1, -0.05) is 25.3 Å². The highest BCUT2D eigenvalue weighted by Crippen LogP contribution is 2.28. The molecule has 0 heterocycles. The first-order valence-corrected chi connectivity index (χ1v) is 7.56. The molecule has 2 unspecified atom stereocenters. The number of nitrogens with one attached hydrogen (secondary N) is 1. The van der Waals surface area contributed by atoms with Crippen LogP contribution in [0.3, 0.4) is 0 Å². The second kappa shape index (κ2) is 6.65. The Kier molecular flexibility index (Phi) is 4.89. The Morgan fingerprint density at radius 2 is 1.95 bits per heavy atom. The Morgan fingerprint density at radius 1 is 1.20 bits per heavy atom. The predicted molar refractivity (Wildman–Crippen MR) is 85.1 cm³/mol. The maximum absolute atomic E-state index is 9.35. The molecule has 0 bridgehead atoms. The first kappa shape index (κ1) is 14.7. The van der Waals surface area contributed by atoms with Gasteiger partial charge in [0.15, 0.2) is 0 Å². The van der Waals surface area contributed by atoms with Crippen LogP contribution in [0.2, 0.25) is 0 Å². The van der Waals surface area contributed by atoms with E-state index < -0.39 is 0 Å². The lowest BCUT2D eigenvalue weighted by Gasteiger charge is -2.24. The van der Waals surface area contributed by atoms with Gasteiger partial charge in [0.2, 0.25) is 0 Å². The highest BCUT2D eigenvalue weighted by atomic mass is 15.1. The van der Waals surface area contributed by atoms with Crippen molar-refractivity contribution in [3.63, 3.8) is 0 Å². The van der Waals surface area contributed by atoms with Crippen LogP contribution >= 0.6 is 0 Å². The zero-order valence-electron chi connectivity index (χ0n) is 12.8. The van der Waals surface area contributed by atoms with E-state index >= 15 is 0 Å². The van der Waals surface area contributed by atoms with E-state index in [9.17, 15) is 5.26 Å². The van der Waals surface area contributed by atoms with E-state index in [2.05, 4.69) is 55.5 Å². The van der Waals surface area contributed by atoms with Gasteiger partial charge >= 0.3 is 0 Å². The molecule has 0 aromatic heterocycles. The molecular formula is C17H25N3. The predicted octanol–water partition coefficient (Wildman–Crippen LogP) is 3.95. The molecule has 0 amide bonds. The van der Waals surface area contributed by atoms with E-state index in [0.717, 1.165) is 18.5 Å². The van der Waals surface area contributed by atoms with Crippen molar-refractivity contribution in [3.05, 3.63) is 23.8 Å². The molecule has 1 saturated carbocycles. The first-order valence-electron chi connectivity index (χ1n) is 7.56. The van der Waals surface area contributed by atoms with Gasteiger partial charge in [-0.05, 0) is 37.5 Å². The minimum atomic E-state index is 0.140. The van der Waals surface area contributed by atoms with Crippen LogP contribution in [0.25, 0.3) is 0 Å². The van der Waals surface area contributed by atoms with Gasteiger partial charge in [0.1, 0.15) is 0 Å². The zero-order chi connectivity index (χ0) is 14.5. The summed E-state index contributed by atoms with van der Waals surface area (Å²) in [6, 6.07) is 9.25. The van der Waals surface area contributed by atoms with Crippen LogP contribution in [0.15, 0.2) is 18.2 Å². The summed E-state index contributed by atoms with van der Waals surface area (Å²) in [5.41, 5.74) is 3.64. The molecule has 3 nitrogen and oxygen atoms in total. The molecular weight excluding hydrogens is 246 g/mol. The van der Waals surface area contributed by atoms with Crippen molar-refractivity contribution in [2.75, 3.05) is 24.3 Å². The summed E-state index contributed by atoms with van der Waals surface area (Å²) >= 11 is 0. The molecule has 0 aliphatic heterocycles. The Morgan fingerprint density at radius 3 is 2.65 bits per heavy atom. The van der Waals surface area contributed by atoms with Crippen LogP contribution in [-0.2, 0) is 0 Å². The van der Waals surface area contributed by atoms with Gasteiger partial charge in [0, 0.05) is 31.5 Å². The molecule has 2 atom stereocenters. The van der Waals surface area contributed by atoms with E-state index in [0.29, 0.717) is 6.04 Å². The molecule has 1 aliphatic rings. The van der Waals surface area contributed by atoms with Crippen molar-refractivity contribution < 1.29 is 0 Å². The second-order valence-corrected chi connectivity index (χ2v) is 6.02. The maximum Gasteiger partial charge on any atom is 0.0677 e. The van der Waals surface area contributed by atoms with Crippen LogP contribution in [0.1, 0.15) is 37.7 Å². The molecule has 1 aromatic rings. The summed E-state index contributed by atoms with van der Waals surface area (Å²) < 4.78 is 0. The fourth-order valence-corrected chi connectivity index (χ4v) is 3.03. The van der Waals surface area contributed by atoms with Crippen molar-refractivity contribution in [2.24, 2.45) is 5.92 Å². The summed E-state index contributed by atoms with van der Waals surface area (Å²) in [4.78, 5) is 2.13. The lowest BCUT2D eigenvalue weighted by molar-refractivity contribution is 0.514. The fourth-order valence-electron chi connectivity index (χ4n) is 3.03. The van der Waals surface area contributed by atoms with E-state index in [1.54, 1.807) is 0 Å². The largest absolute Gasteiger partial charge is 0.381 e. The summed E-state index contributed by atoms with van der Waals surface area (Å²) in [5, 5.41) is 12.9. The van der Waals surface area contributed by atoms with Gasteiger partial charge in [-0.2, -0.15) is 5.26 Å². The van der Waals surface area contributed by atoms with E-state index in [1.807, 2.05) is 0 Å². The van der Waals surface area contributed by atoms with Gasteiger partial charge in [-0.25, -0.2) is 0 Å². The van der Waals surface area contributed by atoms with E-state index in [1.165, 1.54) is 30.5 Å². The third-order valence-corrected chi connectivity index (χ3v) is 4.22. The summed E-state index contributed by atoms with van der Waals surface area (Å²) in [6.07, 6.45) is 5.80. The third kappa shape index (κ3) is 3.45. The number of hydrogen-bond donors (Lipinski definition) is 1. The van der Waals surface area contributed by atoms with Crippen molar-refractivity contribution >= 4 is 11.4 Å². The highest BCUT2D eigenvalue weighted by Gasteiger charge is 2.23. The van der Waals surface area contributed by atoms with Crippen LogP contribution in [0.4, 0.5) is 11.4 Å². The highest BCUT2D eigenvalue weighted by molar-refractivity contribution is 5.62. The molecule has 0 saturated heterocycles. The average molecular weight is 271 g/mol. The number of rotatable bonds is 3. The van der Waals surface area contributed by atoms with Crippen molar-refractivity contribution in [3.8, 4) is 6.07 Å². The zero-order valence-corrected chi connectivity index (χ0v) is 12.8. The minimum absolute atomic E-state index is 0.140. The van der Waals surface area contributed by atoms with Crippen LogP contribution in [0, 0.1) is 24.2 Å². The van der Waals surface area contributed by atoms with E-state index in [4.69, 9.17) is 0 Å². The topological polar surface area (TPSA) is 39.1 Å². The lowest BCUT2D eigenvalue weighted by Crippen LogP contribution is -2.27. The van der Waals surface area contributed by atoms with E-state index in [-0.39, 0.29) is 5.92 Å². The molecule has 1 N–H and O–H groups in total. The standard InChI is InChI=1S/C17H25N3/c1-13-9-10-15(11-17(13)20(2)3)19-16-8-6-4-5-7-14(16)12-18/h9-11,14,16,19H,4-8H2,1-3H3. The normalized spacial score (nSPS) is 22.7. The molecule has 0 spiro atoms. The Bertz CT molecular complexity index is 487. The van der Waals surface area contributed by atoms with Gasteiger partial charge in [-0.3, -0.25) is 0 Å². The molecule has 3 heteroatoms. The van der Waals surface area contributed by atoms with Crippen LogP contribution in [0.5, 0.6) is 0 Å². The third-order valence-electron chi connectivity index (χ3n) is 4.22. The summed E-state index contributed by atoms with van der Waals surface area (Å²) in [7, 11) is 4.13. The van der Waals surface area contributed by atoms with Crippen LogP contribution < -0.4 is 10.2 Å². The number of benzene rings is 1. The number of hydrogen-bond acceptors (Lipinski definition) is 3. The first-order chi connectivity index (χ1) is 9.61. The monoisotopic (exact) mass is 271 g/mol. The molecule has 1 aromatic carbocycles. The second-order valence-electron chi connectivity index (χ2n) is 6.02. The molecule has 108 valence electrons. The number of anilines is 2. The molecule has 1 aliphatic carbocycles. The molecule has 2 rings (SSSR count). The lowest BCUT2D eigenvalue weighted by atomic mass is 9.96. The van der Waals surface area contributed by atoms with Gasteiger partial charge in [-0.15, -0.1) is 0 Å². The molecule has 1 fully saturated rings.